The topological polar surface area (TPSA) is 167 Å². The van der Waals surface area contributed by atoms with Gasteiger partial charge in [-0.3, -0.25) is 19.1 Å². The molecule has 2 aromatic heterocycles. The molecule has 0 radical (unpaired) electrons. The van der Waals surface area contributed by atoms with Crippen LogP contribution in [0.4, 0.5) is 0 Å². The first-order chi connectivity index (χ1) is 17.5. The monoisotopic (exact) mass is 527 g/mol. The zero-order valence-electron chi connectivity index (χ0n) is 20.9. The number of rotatable bonds is 10. The summed E-state index contributed by atoms with van der Waals surface area (Å²) in [5, 5.41) is 18.4. The van der Waals surface area contributed by atoms with E-state index in [1.54, 1.807) is 33.0 Å². The van der Waals surface area contributed by atoms with E-state index in [4.69, 9.17) is 5.26 Å². The molecule has 1 aliphatic heterocycles. The van der Waals surface area contributed by atoms with Crippen LogP contribution in [0.5, 0.6) is 0 Å². The average molecular weight is 528 g/mol. The van der Waals surface area contributed by atoms with Crippen LogP contribution in [0.3, 0.4) is 0 Å². The number of hydrogen-bond donors (Lipinski definition) is 2. The van der Waals surface area contributed by atoms with E-state index in [-0.39, 0.29) is 49.2 Å². The van der Waals surface area contributed by atoms with E-state index in [0.717, 1.165) is 0 Å². The lowest BCUT2D eigenvalue weighted by atomic mass is 10.0. The van der Waals surface area contributed by atoms with Gasteiger partial charge < -0.3 is 15.5 Å². The summed E-state index contributed by atoms with van der Waals surface area (Å²) in [5.41, 5.74) is 1.94. The number of nitrogens with zero attached hydrogens (tertiary/aromatic N) is 5. The number of carbonyl (C=O) groups excluding carboxylic acids is 3. The summed E-state index contributed by atoms with van der Waals surface area (Å²) in [6.07, 6.45) is 3.23. The Morgan fingerprint density at radius 2 is 2.05 bits per heavy atom. The fourth-order valence-electron chi connectivity index (χ4n) is 4.73. The Morgan fingerprint density at radius 1 is 1.32 bits per heavy atom. The summed E-state index contributed by atoms with van der Waals surface area (Å²) >= 11 is 0. The molecule has 0 bridgehead atoms. The van der Waals surface area contributed by atoms with Gasteiger partial charge >= 0.3 is 0 Å². The first-order valence-electron chi connectivity index (χ1n) is 11.9. The highest BCUT2D eigenvalue weighted by Crippen LogP contribution is 2.49. The van der Waals surface area contributed by atoms with E-state index >= 15 is 0 Å². The smallest absolute Gasteiger partial charge is 0.272 e. The summed E-state index contributed by atoms with van der Waals surface area (Å²) in [6, 6.07) is 5.19. The third kappa shape index (κ3) is 4.69. The van der Waals surface area contributed by atoms with Gasteiger partial charge in [0, 0.05) is 45.0 Å². The fraction of sp³-hybridized carbons (Fsp3) is 0.500. The molecule has 13 heteroatoms. The van der Waals surface area contributed by atoms with Crippen molar-refractivity contribution in [2.75, 3.05) is 19.6 Å². The van der Waals surface area contributed by atoms with E-state index < -0.39 is 25.2 Å². The predicted octanol–water partition coefficient (Wildman–Crippen LogP) is 0.0871. The van der Waals surface area contributed by atoms with Crippen molar-refractivity contribution in [3.8, 4) is 6.07 Å². The number of carbonyl (C=O) groups is 3. The second-order valence-electron chi connectivity index (χ2n) is 10.1. The Kier molecular flexibility index (Phi) is 6.81. The van der Waals surface area contributed by atoms with Crippen LogP contribution in [0.15, 0.2) is 18.3 Å². The highest BCUT2D eigenvalue weighted by molar-refractivity contribution is 7.94. The second-order valence-corrected chi connectivity index (χ2v) is 13.0. The normalized spacial score (nSPS) is 16.5. The number of nitrogens with one attached hydrogen (secondary N) is 2. The van der Waals surface area contributed by atoms with Crippen molar-refractivity contribution in [2.24, 2.45) is 7.05 Å². The summed E-state index contributed by atoms with van der Waals surface area (Å²) in [5.74, 6) is -0.801. The fourth-order valence-corrected chi connectivity index (χ4v) is 7.14. The molecule has 0 saturated heterocycles. The lowest BCUT2D eigenvalue weighted by Crippen LogP contribution is -2.53. The van der Waals surface area contributed by atoms with E-state index in [1.165, 1.54) is 15.8 Å². The van der Waals surface area contributed by atoms with Crippen LogP contribution in [-0.2, 0) is 34.6 Å². The minimum absolute atomic E-state index is 0.0165. The highest BCUT2D eigenvalue weighted by Gasteiger charge is 2.60. The number of aryl methyl sites for hydroxylation is 1. The van der Waals surface area contributed by atoms with Crippen molar-refractivity contribution in [2.45, 2.75) is 49.1 Å². The molecule has 0 unspecified atom stereocenters. The molecule has 12 nitrogen and oxygen atoms in total. The Morgan fingerprint density at radius 3 is 2.65 bits per heavy atom. The van der Waals surface area contributed by atoms with Gasteiger partial charge in [0.1, 0.15) is 17.5 Å². The third-order valence-electron chi connectivity index (χ3n) is 7.07. The molecule has 1 saturated carbocycles. The number of amides is 3. The maximum absolute atomic E-state index is 13.5. The molecule has 2 N–H and O–H groups in total. The van der Waals surface area contributed by atoms with Crippen molar-refractivity contribution in [1.29, 1.82) is 5.26 Å². The Balaban J connectivity index is 1.48. The molecule has 3 amide bonds. The largest absolute Gasteiger partial charge is 0.357 e. The van der Waals surface area contributed by atoms with Crippen molar-refractivity contribution >= 4 is 28.1 Å². The zero-order chi connectivity index (χ0) is 27.0. The molecule has 3 heterocycles. The molecule has 2 aromatic rings. The quantitative estimate of drug-likeness (QED) is 0.410. The van der Waals surface area contributed by atoms with Gasteiger partial charge in [-0.15, -0.1) is 0 Å². The van der Waals surface area contributed by atoms with Gasteiger partial charge in [-0.2, -0.15) is 10.4 Å². The van der Waals surface area contributed by atoms with Gasteiger partial charge in [0.15, 0.2) is 15.5 Å². The van der Waals surface area contributed by atoms with Gasteiger partial charge in [-0.05, 0) is 44.7 Å². The van der Waals surface area contributed by atoms with Crippen LogP contribution in [0.25, 0.3) is 0 Å². The van der Waals surface area contributed by atoms with Gasteiger partial charge in [-0.1, -0.05) is 6.07 Å². The van der Waals surface area contributed by atoms with Gasteiger partial charge in [0.05, 0.1) is 9.49 Å². The standard InChI is InChI=1S/C24H29N7O5S/c1-23(2,13-26-15-32)37(35,36)24(7-8-24)14-31-9-6-18-19(29-30(3)20(18)22(31)34)21(33)28-12-16-4-5-17(10-25)27-11-16/h4-5,11,15H,6-9,12-14H2,1-3H3,(H,26,32)(H,28,33). The molecule has 37 heavy (non-hydrogen) atoms. The van der Waals surface area contributed by atoms with Crippen LogP contribution >= 0.6 is 0 Å². The Labute approximate surface area is 215 Å². The molecule has 4 rings (SSSR count). The maximum Gasteiger partial charge on any atom is 0.272 e. The molecule has 0 aromatic carbocycles. The van der Waals surface area contributed by atoms with Gasteiger partial charge in [0.25, 0.3) is 11.8 Å². The summed E-state index contributed by atoms with van der Waals surface area (Å²) in [7, 11) is -2.10. The lowest BCUT2D eigenvalue weighted by Gasteiger charge is -2.35. The van der Waals surface area contributed by atoms with E-state index in [2.05, 4.69) is 20.7 Å². The number of sulfone groups is 1. The number of aromatic nitrogens is 3. The van der Waals surface area contributed by atoms with E-state index in [0.29, 0.717) is 36.8 Å². The predicted molar refractivity (Wildman–Crippen MR) is 132 cm³/mol. The molecular formula is C24H29N7O5S. The van der Waals surface area contributed by atoms with Gasteiger partial charge in [0.2, 0.25) is 6.41 Å². The van der Waals surface area contributed by atoms with Crippen molar-refractivity contribution in [1.82, 2.24) is 30.3 Å². The van der Waals surface area contributed by atoms with E-state index in [9.17, 15) is 22.8 Å². The van der Waals surface area contributed by atoms with Crippen molar-refractivity contribution in [3.05, 3.63) is 46.5 Å². The SMILES string of the molecule is Cn1nc(C(=O)NCc2ccc(C#N)nc2)c2c1C(=O)N(CC1(S(=O)(=O)C(C)(C)CNC=O)CC1)CC2. The van der Waals surface area contributed by atoms with Crippen molar-refractivity contribution < 1.29 is 22.8 Å². The van der Waals surface area contributed by atoms with Crippen molar-refractivity contribution in [3.63, 3.8) is 0 Å². The highest BCUT2D eigenvalue weighted by atomic mass is 32.2. The van der Waals surface area contributed by atoms with E-state index in [1.807, 2.05) is 6.07 Å². The minimum atomic E-state index is -3.68. The Hall–Kier alpha value is -3.79. The van der Waals surface area contributed by atoms with Gasteiger partial charge in [-0.25, -0.2) is 13.4 Å². The second kappa shape index (κ2) is 9.59. The number of nitriles is 1. The summed E-state index contributed by atoms with van der Waals surface area (Å²) in [4.78, 5) is 42.5. The summed E-state index contributed by atoms with van der Waals surface area (Å²) < 4.78 is 26.1. The molecule has 1 fully saturated rings. The Bertz CT molecular complexity index is 1390. The number of pyridine rings is 1. The number of hydrogen-bond acceptors (Lipinski definition) is 8. The van der Waals surface area contributed by atoms with Crippen LogP contribution in [0.1, 0.15) is 64.5 Å². The lowest BCUT2D eigenvalue weighted by molar-refractivity contribution is -0.109. The molecule has 2 aliphatic rings. The minimum Gasteiger partial charge on any atom is -0.357 e. The number of fused-ring (bicyclic) bond motifs is 1. The summed E-state index contributed by atoms with van der Waals surface area (Å²) in [6.45, 7) is 3.64. The van der Waals surface area contributed by atoms with Crippen LogP contribution in [0, 0.1) is 11.3 Å². The third-order valence-corrected chi connectivity index (χ3v) is 10.3. The first-order valence-corrected chi connectivity index (χ1v) is 13.3. The molecule has 0 atom stereocenters. The van der Waals surface area contributed by atoms with Crippen LogP contribution < -0.4 is 10.6 Å². The first kappa shape index (κ1) is 26.3. The maximum atomic E-state index is 13.5. The molecule has 196 valence electrons. The van der Waals surface area contributed by atoms with Crippen LogP contribution in [0.2, 0.25) is 0 Å². The van der Waals surface area contributed by atoms with Crippen LogP contribution in [-0.4, -0.2) is 75.4 Å². The zero-order valence-corrected chi connectivity index (χ0v) is 21.8. The molecule has 0 spiro atoms. The average Bonchev–Trinajstić information content (AvgIpc) is 3.59. The molecular weight excluding hydrogens is 498 g/mol. The molecule has 1 aliphatic carbocycles.